The molecular weight excluding hydrogens is 224 g/mol. The second kappa shape index (κ2) is 5.36. The van der Waals surface area contributed by atoms with Crippen molar-refractivity contribution in [3.05, 3.63) is 41.9 Å². The van der Waals surface area contributed by atoms with Crippen LogP contribution in [0.25, 0.3) is 11.3 Å². The average molecular weight is 244 g/mol. The molecule has 0 aliphatic carbocycles. The van der Waals surface area contributed by atoms with Crippen LogP contribution in [0.15, 0.2) is 30.3 Å². The number of hydrogen-bond acceptors (Lipinski definition) is 2. The summed E-state index contributed by atoms with van der Waals surface area (Å²) >= 11 is 0. The van der Waals surface area contributed by atoms with Gasteiger partial charge in [0.05, 0.1) is 12.3 Å². The van der Waals surface area contributed by atoms with Crippen molar-refractivity contribution < 1.29 is 5.11 Å². The van der Waals surface area contributed by atoms with Gasteiger partial charge in [-0.15, -0.1) is 0 Å². The highest BCUT2D eigenvalue weighted by Gasteiger charge is 2.20. The predicted octanol–water partition coefficient (Wildman–Crippen LogP) is 3.12. The van der Waals surface area contributed by atoms with E-state index in [1.165, 1.54) is 0 Å². The van der Waals surface area contributed by atoms with E-state index in [0.29, 0.717) is 5.92 Å². The Bertz CT molecular complexity index is 502. The number of nitrogens with zero attached hydrogens (tertiary/aromatic N) is 1. The van der Waals surface area contributed by atoms with Crippen LogP contribution >= 0.6 is 0 Å². The zero-order chi connectivity index (χ0) is 13.1. The van der Waals surface area contributed by atoms with Gasteiger partial charge in [-0.2, -0.15) is 0 Å². The van der Waals surface area contributed by atoms with Crippen LogP contribution in [0.4, 0.5) is 0 Å². The summed E-state index contributed by atoms with van der Waals surface area (Å²) < 4.78 is 0. The number of rotatable bonds is 4. The minimum Gasteiger partial charge on any atom is -0.396 e. The van der Waals surface area contributed by atoms with E-state index < -0.39 is 0 Å². The lowest BCUT2D eigenvalue weighted by atomic mass is 9.96. The van der Waals surface area contributed by atoms with Gasteiger partial charge in [-0.3, -0.25) is 0 Å². The summed E-state index contributed by atoms with van der Waals surface area (Å²) in [4.78, 5) is 7.96. The Balaban J connectivity index is 2.38. The molecule has 1 aromatic carbocycles. The molecule has 3 nitrogen and oxygen atoms in total. The summed E-state index contributed by atoms with van der Waals surface area (Å²) in [5.41, 5.74) is 3.14. The van der Waals surface area contributed by atoms with Gasteiger partial charge in [0, 0.05) is 17.2 Å². The highest BCUT2D eigenvalue weighted by Crippen LogP contribution is 2.27. The SMILES string of the molecule is Cc1[nH]c(C(CO)C(C)C)nc1-c1ccccc1. The van der Waals surface area contributed by atoms with Crippen LogP contribution in [0.3, 0.4) is 0 Å². The number of benzene rings is 1. The number of aryl methyl sites for hydroxylation is 1. The minimum absolute atomic E-state index is 0.0705. The Kier molecular flexibility index (Phi) is 3.82. The Morgan fingerprint density at radius 2 is 1.89 bits per heavy atom. The molecule has 1 atom stereocenters. The monoisotopic (exact) mass is 244 g/mol. The largest absolute Gasteiger partial charge is 0.396 e. The van der Waals surface area contributed by atoms with Crippen LogP contribution in [-0.2, 0) is 0 Å². The highest BCUT2D eigenvalue weighted by molar-refractivity contribution is 5.61. The van der Waals surface area contributed by atoms with Crippen molar-refractivity contribution in [3.8, 4) is 11.3 Å². The molecule has 2 N–H and O–H groups in total. The van der Waals surface area contributed by atoms with Gasteiger partial charge in [-0.25, -0.2) is 4.98 Å². The number of aromatic amines is 1. The summed E-state index contributed by atoms with van der Waals surface area (Å²) in [6, 6.07) is 10.1. The van der Waals surface area contributed by atoms with E-state index >= 15 is 0 Å². The first-order valence-electron chi connectivity index (χ1n) is 6.36. The average Bonchev–Trinajstić information content (AvgIpc) is 2.73. The maximum absolute atomic E-state index is 9.46. The van der Waals surface area contributed by atoms with Crippen LogP contribution in [0, 0.1) is 12.8 Å². The molecular formula is C15H20N2O. The second-order valence-electron chi connectivity index (χ2n) is 4.99. The maximum Gasteiger partial charge on any atom is 0.112 e. The van der Waals surface area contributed by atoms with Crippen LogP contribution in [0.5, 0.6) is 0 Å². The van der Waals surface area contributed by atoms with E-state index in [-0.39, 0.29) is 12.5 Å². The molecule has 96 valence electrons. The van der Waals surface area contributed by atoms with Gasteiger partial charge in [-0.1, -0.05) is 44.2 Å². The van der Waals surface area contributed by atoms with E-state index in [4.69, 9.17) is 0 Å². The fourth-order valence-electron chi connectivity index (χ4n) is 2.15. The first-order valence-corrected chi connectivity index (χ1v) is 6.36. The molecule has 1 unspecified atom stereocenters. The molecule has 0 fully saturated rings. The summed E-state index contributed by atoms with van der Waals surface area (Å²) in [6.45, 7) is 6.34. The number of aliphatic hydroxyl groups is 1. The molecule has 0 aliphatic heterocycles. The lowest BCUT2D eigenvalue weighted by molar-refractivity contribution is 0.232. The van der Waals surface area contributed by atoms with Crippen molar-refractivity contribution in [1.82, 2.24) is 9.97 Å². The number of imidazole rings is 1. The van der Waals surface area contributed by atoms with Crippen molar-refractivity contribution >= 4 is 0 Å². The molecule has 0 saturated carbocycles. The van der Waals surface area contributed by atoms with Crippen LogP contribution in [0.2, 0.25) is 0 Å². The number of H-pyrrole nitrogens is 1. The quantitative estimate of drug-likeness (QED) is 0.868. The molecule has 0 amide bonds. The molecule has 0 bridgehead atoms. The molecule has 0 aliphatic rings. The minimum atomic E-state index is 0.0705. The highest BCUT2D eigenvalue weighted by atomic mass is 16.3. The Morgan fingerprint density at radius 1 is 1.22 bits per heavy atom. The lowest BCUT2D eigenvalue weighted by Gasteiger charge is -2.15. The number of hydrogen-bond donors (Lipinski definition) is 2. The van der Waals surface area contributed by atoms with Crippen LogP contribution in [-0.4, -0.2) is 21.7 Å². The molecule has 2 aromatic rings. The first kappa shape index (κ1) is 12.8. The molecule has 18 heavy (non-hydrogen) atoms. The van der Waals surface area contributed by atoms with Crippen molar-refractivity contribution in [3.63, 3.8) is 0 Å². The molecule has 0 saturated heterocycles. The third kappa shape index (κ3) is 2.46. The smallest absolute Gasteiger partial charge is 0.112 e. The topological polar surface area (TPSA) is 48.9 Å². The van der Waals surface area contributed by atoms with Crippen molar-refractivity contribution in [1.29, 1.82) is 0 Å². The fraction of sp³-hybridized carbons (Fsp3) is 0.400. The molecule has 1 heterocycles. The standard InChI is InChI=1S/C15H20N2O/c1-10(2)13(9-18)15-16-11(3)14(17-15)12-7-5-4-6-8-12/h4-8,10,13,18H,9H2,1-3H3,(H,16,17). The van der Waals surface area contributed by atoms with Crippen LogP contribution < -0.4 is 0 Å². The van der Waals surface area contributed by atoms with Crippen LogP contribution in [0.1, 0.15) is 31.3 Å². The van der Waals surface area contributed by atoms with Gasteiger partial charge < -0.3 is 10.1 Å². The lowest BCUT2D eigenvalue weighted by Crippen LogP contribution is -2.12. The summed E-state index contributed by atoms with van der Waals surface area (Å²) in [6.07, 6.45) is 0. The predicted molar refractivity (Wildman–Crippen MR) is 73.4 cm³/mol. The van der Waals surface area contributed by atoms with Gasteiger partial charge in [0.25, 0.3) is 0 Å². The van der Waals surface area contributed by atoms with Crippen molar-refractivity contribution in [2.24, 2.45) is 5.92 Å². The fourth-order valence-corrected chi connectivity index (χ4v) is 2.15. The second-order valence-corrected chi connectivity index (χ2v) is 4.99. The van der Waals surface area contributed by atoms with Gasteiger partial charge >= 0.3 is 0 Å². The maximum atomic E-state index is 9.46. The molecule has 3 heteroatoms. The molecule has 1 aromatic heterocycles. The third-order valence-corrected chi connectivity index (χ3v) is 3.30. The first-order chi connectivity index (χ1) is 8.63. The van der Waals surface area contributed by atoms with Crippen molar-refractivity contribution in [2.45, 2.75) is 26.7 Å². The summed E-state index contributed by atoms with van der Waals surface area (Å²) in [5, 5.41) is 9.46. The Morgan fingerprint density at radius 3 is 2.44 bits per heavy atom. The zero-order valence-electron chi connectivity index (χ0n) is 11.1. The summed E-state index contributed by atoms with van der Waals surface area (Å²) in [5.74, 6) is 1.31. The van der Waals surface area contributed by atoms with Gasteiger partial charge in [0.2, 0.25) is 0 Å². The number of aliphatic hydroxyl groups excluding tert-OH is 1. The number of aromatic nitrogens is 2. The van der Waals surface area contributed by atoms with E-state index in [2.05, 4.69) is 35.9 Å². The van der Waals surface area contributed by atoms with E-state index in [9.17, 15) is 5.11 Å². The molecule has 0 spiro atoms. The zero-order valence-corrected chi connectivity index (χ0v) is 11.1. The van der Waals surface area contributed by atoms with Gasteiger partial charge in [-0.05, 0) is 12.8 Å². The van der Waals surface area contributed by atoms with E-state index in [1.54, 1.807) is 0 Å². The third-order valence-electron chi connectivity index (χ3n) is 3.30. The molecule has 0 radical (unpaired) electrons. The van der Waals surface area contributed by atoms with Gasteiger partial charge in [0.1, 0.15) is 5.82 Å². The van der Waals surface area contributed by atoms with E-state index in [1.807, 2.05) is 25.1 Å². The summed E-state index contributed by atoms with van der Waals surface area (Å²) in [7, 11) is 0. The van der Waals surface area contributed by atoms with Gasteiger partial charge in [0.15, 0.2) is 0 Å². The normalized spacial score (nSPS) is 12.9. The van der Waals surface area contributed by atoms with Crippen molar-refractivity contribution in [2.75, 3.05) is 6.61 Å². The molecule has 2 rings (SSSR count). The van der Waals surface area contributed by atoms with E-state index in [0.717, 1.165) is 22.8 Å². The Labute approximate surface area is 108 Å². The Hall–Kier alpha value is -1.61. The number of nitrogens with one attached hydrogen (secondary N) is 1.